The Labute approximate surface area is 199 Å². The Morgan fingerprint density at radius 2 is 1.94 bits per heavy atom. The van der Waals surface area contributed by atoms with Crippen LogP contribution in [0.3, 0.4) is 0 Å². The van der Waals surface area contributed by atoms with Gasteiger partial charge in [0.15, 0.2) is 5.13 Å². The van der Waals surface area contributed by atoms with Crippen LogP contribution in [-0.4, -0.2) is 36.7 Å². The number of carbonyl (C=O) groups is 2. The lowest BCUT2D eigenvalue weighted by atomic mass is 10.1. The van der Waals surface area contributed by atoms with Gasteiger partial charge >= 0.3 is 0 Å². The van der Waals surface area contributed by atoms with Gasteiger partial charge in [-0.15, -0.1) is 0 Å². The van der Waals surface area contributed by atoms with Crippen molar-refractivity contribution in [3.8, 4) is 0 Å². The van der Waals surface area contributed by atoms with E-state index in [-0.39, 0.29) is 38.8 Å². The van der Waals surface area contributed by atoms with E-state index < -0.39 is 26.6 Å². The Kier molecular flexibility index (Phi) is 6.44. The third-order valence-corrected chi connectivity index (χ3v) is 8.64. The van der Waals surface area contributed by atoms with Gasteiger partial charge in [0, 0.05) is 30.8 Å². The topological polar surface area (TPSA) is 140 Å². The molecule has 0 aliphatic carbocycles. The minimum Gasteiger partial charge on any atom is -0.311 e. The van der Waals surface area contributed by atoms with E-state index in [9.17, 15) is 28.1 Å². The lowest BCUT2D eigenvalue weighted by Crippen LogP contribution is -2.28. The molecular formula is C22H20N4O6S2. The number of sulfone groups is 1. The zero-order valence-corrected chi connectivity index (χ0v) is 19.6. The summed E-state index contributed by atoms with van der Waals surface area (Å²) in [6.07, 6.45) is 1.92. The first kappa shape index (κ1) is 23.5. The molecular weight excluding hydrogens is 480 g/mol. The molecule has 1 atom stereocenters. The van der Waals surface area contributed by atoms with E-state index in [4.69, 9.17) is 0 Å². The van der Waals surface area contributed by atoms with E-state index >= 15 is 0 Å². The highest BCUT2D eigenvalue weighted by molar-refractivity contribution is 7.93. The molecule has 10 nitrogen and oxygen atoms in total. The number of thiazole rings is 1. The molecule has 0 bridgehead atoms. The van der Waals surface area contributed by atoms with E-state index in [0.717, 1.165) is 59.5 Å². The van der Waals surface area contributed by atoms with E-state index in [1.165, 1.54) is 0 Å². The van der Waals surface area contributed by atoms with Gasteiger partial charge < -0.3 is 10.2 Å². The average molecular weight is 501 g/mol. The summed E-state index contributed by atoms with van der Waals surface area (Å²) < 4.78 is 25.5. The Morgan fingerprint density at radius 1 is 1.24 bits per heavy atom. The molecule has 34 heavy (non-hydrogen) atoms. The summed E-state index contributed by atoms with van der Waals surface area (Å²) >= 11 is 0.773. The van der Waals surface area contributed by atoms with Gasteiger partial charge in [0.25, 0.3) is 5.69 Å². The second-order valence-corrected chi connectivity index (χ2v) is 10.8. The van der Waals surface area contributed by atoms with Crippen molar-refractivity contribution in [2.75, 3.05) is 16.8 Å². The van der Waals surface area contributed by atoms with E-state index in [1.807, 2.05) is 31.2 Å². The van der Waals surface area contributed by atoms with E-state index in [1.54, 1.807) is 4.90 Å². The second kappa shape index (κ2) is 9.31. The number of nitro groups is 1. The molecule has 0 spiro atoms. The number of hydrogen-bond acceptors (Lipinski definition) is 8. The van der Waals surface area contributed by atoms with Crippen LogP contribution in [0.5, 0.6) is 0 Å². The van der Waals surface area contributed by atoms with Crippen LogP contribution >= 0.6 is 11.3 Å². The summed E-state index contributed by atoms with van der Waals surface area (Å²) in [4.78, 5) is 41.0. The van der Waals surface area contributed by atoms with Crippen LogP contribution in [0.1, 0.15) is 18.9 Å². The Balaban J connectivity index is 1.46. The fourth-order valence-corrected chi connectivity index (χ4v) is 6.14. The van der Waals surface area contributed by atoms with Crippen molar-refractivity contribution in [1.82, 2.24) is 4.98 Å². The molecule has 1 N–H and O–H groups in total. The van der Waals surface area contributed by atoms with Crippen molar-refractivity contribution in [3.63, 3.8) is 0 Å². The third kappa shape index (κ3) is 4.54. The van der Waals surface area contributed by atoms with Crippen LogP contribution in [-0.2, 0) is 25.8 Å². The van der Waals surface area contributed by atoms with Crippen molar-refractivity contribution in [2.24, 2.45) is 5.92 Å². The molecule has 1 unspecified atom stereocenters. The van der Waals surface area contributed by atoms with Gasteiger partial charge in [-0.25, -0.2) is 13.4 Å². The first-order valence-corrected chi connectivity index (χ1v) is 12.6. The highest BCUT2D eigenvalue weighted by atomic mass is 32.2. The molecule has 1 aromatic heterocycles. The van der Waals surface area contributed by atoms with Gasteiger partial charge in [-0.05, 0) is 30.2 Å². The minimum atomic E-state index is -3.96. The van der Waals surface area contributed by atoms with Crippen LogP contribution < -0.4 is 10.2 Å². The number of aryl methyl sites for hydroxylation is 1. The Bertz CT molecular complexity index is 1370. The third-order valence-electron chi connectivity index (χ3n) is 5.50. The monoisotopic (exact) mass is 500 g/mol. The Hall–Kier alpha value is -3.64. The molecule has 0 radical (unpaired) electrons. The predicted molar refractivity (Wildman–Crippen MR) is 126 cm³/mol. The average Bonchev–Trinajstić information content (AvgIpc) is 3.46. The number of benzene rings is 2. The molecule has 0 saturated carbocycles. The lowest BCUT2D eigenvalue weighted by Gasteiger charge is -2.19. The number of non-ortho nitro benzene ring substituents is 1. The first-order chi connectivity index (χ1) is 16.2. The van der Waals surface area contributed by atoms with E-state index in [2.05, 4.69) is 10.3 Å². The number of carbonyl (C=O) groups excluding carboxylic acids is 2. The zero-order valence-electron chi connectivity index (χ0n) is 18.0. The van der Waals surface area contributed by atoms with Gasteiger partial charge in [0.2, 0.25) is 21.7 Å². The summed E-state index contributed by atoms with van der Waals surface area (Å²) in [5, 5.41) is 13.5. The van der Waals surface area contributed by atoms with Gasteiger partial charge in [0.1, 0.15) is 4.21 Å². The maximum Gasteiger partial charge on any atom is 0.269 e. The van der Waals surface area contributed by atoms with Gasteiger partial charge in [-0.2, -0.15) is 0 Å². The summed E-state index contributed by atoms with van der Waals surface area (Å²) in [7, 11) is -3.96. The molecule has 1 saturated heterocycles. The quantitative estimate of drug-likeness (QED) is 0.387. The predicted octanol–water partition coefficient (Wildman–Crippen LogP) is 3.44. The van der Waals surface area contributed by atoms with Crippen LogP contribution in [0.25, 0.3) is 0 Å². The van der Waals surface area contributed by atoms with Crippen molar-refractivity contribution in [2.45, 2.75) is 28.9 Å². The number of nitro benzene ring substituents is 1. The molecule has 1 fully saturated rings. The molecule has 2 amide bonds. The van der Waals surface area contributed by atoms with Crippen molar-refractivity contribution in [1.29, 1.82) is 0 Å². The zero-order chi connectivity index (χ0) is 24.5. The summed E-state index contributed by atoms with van der Waals surface area (Å²) in [5.74, 6) is -1.17. The van der Waals surface area contributed by atoms with Crippen LogP contribution in [0.4, 0.5) is 16.5 Å². The van der Waals surface area contributed by atoms with Crippen LogP contribution in [0.15, 0.2) is 63.8 Å². The van der Waals surface area contributed by atoms with Gasteiger partial charge in [-0.3, -0.25) is 19.7 Å². The number of aromatic nitrogens is 1. The number of rotatable bonds is 7. The molecule has 4 rings (SSSR count). The number of nitrogens with zero attached hydrogens (tertiary/aromatic N) is 3. The normalized spacial score (nSPS) is 16.0. The minimum absolute atomic E-state index is 0.0448. The molecule has 1 aliphatic heterocycles. The molecule has 3 aromatic rings. The smallest absolute Gasteiger partial charge is 0.269 e. The van der Waals surface area contributed by atoms with Crippen molar-refractivity contribution >= 4 is 49.5 Å². The van der Waals surface area contributed by atoms with Crippen LogP contribution in [0, 0.1) is 16.0 Å². The first-order valence-electron chi connectivity index (χ1n) is 10.3. The number of hydrogen-bond donors (Lipinski definition) is 1. The largest absolute Gasteiger partial charge is 0.311 e. The maximum atomic E-state index is 12.8. The maximum absolute atomic E-state index is 12.8. The number of nitrogens with one attached hydrogen (secondary N) is 1. The molecule has 2 aromatic carbocycles. The van der Waals surface area contributed by atoms with Crippen molar-refractivity contribution < 1.29 is 22.9 Å². The summed E-state index contributed by atoms with van der Waals surface area (Å²) in [6.45, 7) is 2.22. The molecule has 2 heterocycles. The molecule has 1 aliphatic rings. The second-order valence-electron chi connectivity index (χ2n) is 7.62. The Morgan fingerprint density at radius 3 is 2.62 bits per heavy atom. The van der Waals surface area contributed by atoms with Crippen LogP contribution in [0.2, 0.25) is 0 Å². The van der Waals surface area contributed by atoms with Crippen molar-refractivity contribution in [3.05, 3.63) is 70.4 Å². The van der Waals surface area contributed by atoms with E-state index in [0.29, 0.717) is 0 Å². The fourth-order valence-electron chi connectivity index (χ4n) is 3.70. The highest BCUT2D eigenvalue weighted by Gasteiger charge is 2.36. The fraction of sp³-hybridized carbons (Fsp3) is 0.227. The number of anilines is 2. The highest BCUT2D eigenvalue weighted by Crippen LogP contribution is 2.32. The summed E-state index contributed by atoms with van der Waals surface area (Å²) in [5.41, 5.74) is 1.58. The number of amides is 2. The number of para-hydroxylation sites is 1. The lowest BCUT2D eigenvalue weighted by molar-refractivity contribution is -0.384. The van der Waals surface area contributed by atoms with Gasteiger partial charge in [-0.1, -0.05) is 36.5 Å². The standard InChI is InChI=1S/C22H20N4O6S2/c1-2-14-5-3-4-6-18(14)25-13-15(11-19(25)27)21(28)24-22-23-12-20(33-22)34(31,32)17-9-7-16(8-10-17)26(29)30/h3-10,12,15H,2,11,13H2,1H3,(H,23,24,28). The SMILES string of the molecule is CCc1ccccc1N1CC(C(=O)Nc2ncc(S(=O)(=O)c3ccc([N+](=O)[O-])cc3)s2)CC1=O. The van der Waals surface area contributed by atoms with Gasteiger partial charge in [0.05, 0.1) is 21.9 Å². The molecule has 12 heteroatoms. The summed E-state index contributed by atoms with van der Waals surface area (Å²) in [6, 6.07) is 12.1. The molecule has 176 valence electrons.